The Morgan fingerprint density at radius 1 is 0.912 bits per heavy atom. The van der Waals surface area contributed by atoms with Crippen molar-refractivity contribution in [1.29, 1.82) is 0 Å². The molecule has 0 saturated carbocycles. The molecule has 1 fully saturated rings. The van der Waals surface area contributed by atoms with E-state index in [1.54, 1.807) is 0 Å². The Bertz CT molecular complexity index is 956. The first-order valence-corrected chi connectivity index (χ1v) is 12.3. The summed E-state index contributed by atoms with van der Waals surface area (Å²) in [6.07, 6.45) is 0. The zero-order valence-electron chi connectivity index (χ0n) is 22.1. The van der Waals surface area contributed by atoms with Crippen LogP contribution in [0.15, 0.2) is 42.5 Å². The van der Waals surface area contributed by atoms with Crippen molar-refractivity contribution < 1.29 is 13.9 Å². The summed E-state index contributed by atoms with van der Waals surface area (Å²) in [4.78, 5) is 17.6. The molecule has 5 heteroatoms. The number of nitrogens with zero attached hydrogens (tertiary/aromatic N) is 2. The van der Waals surface area contributed by atoms with E-state index in [-0.39, 0.29) is 41.2 Å². The van der Waals surface area contributed by atoms with Crippen LogP contribution in [0.25, 0.3) is 0 Å². The van der Waals surface area contributed by atoms with Gasteiger partial charge in [0.2, 0.25) is 0 Å². The molecule has 34 heavy (non-hydrogen) atoms. The molecule has 1 aliphatic rings. The fourth-order valence-corrected chi connectivity index (χ4v) is 4.68. The van der Waals surface area contributed by atoms with Crippen LogP contribution in [0, 0.1) is 5.82 Å². The molecular formula is C29H41FN2O2. The van der Waals surface area contributed by atoms with Crippen LogP contribution in [0.4, 0.5) is 4.39 Å². The summed E-state index contributed by atoms with van der Waals surface area (Å²) in [5.74, 6) is 0.638. The minimum absolute atomic E-state index is 0.0179. The smallest absolute Gasteiger partial charge is 0.260 e. The molecule has 0 bridgehead atoms. The Balaban J connectivity index is 1.71. The normalized spacial score (nSPS) is 19.9. The van der Waals surface area contributed by atoms with Gasteiger partial charge in [-0.05, 0) is 53.5 Å². The van der Waals surface area contributed by atoms with Crippen molar-refractivity contribution in [2.45, 2.75) is 84.8 Å². The molecule has 0 radical (unpaired) electrons. The quantitative estimate of drug-likeness (QED) is 0.546. The highest BCUT2D eigenvalue weighted by Gasteiger charge is 2.33. The van der Waals surface area contributed by atoms with Gasteiger partial charge < -0.3 is 9.64 Å². The van der Waals surface area contributed by atoms with E-state index in [0.717, 1.165) is 35.5 Å². The first kappa shape index (κ1) is 26.2. The van der Waals surface area contributed by atoms with E-state index in [1.807, 2.05) is 17.0 Å². The average Bonchev–Trinajstić information content (AvgIpc) is 2.74. The number of carbonyl (C=O) groups is 1. The standard InChI is InChI=1S/C29H41FN2O2/c1-20-17-32(21(2)16-31(20)18-22-12-14-23(30)15-13-22)26(33)19-34-27-24(28(3,4)5)10-9-11-25(27)29(6,7)8/h9-15,20-21H,16-19H2,1-8H3/t20-,21+/m1/s1. The predicted molar refractivity (Wildman–Crippen MR) is 137 cm³/mol. The monoisotopic (exact) mass is 468 g/mol. The Labute approximate surface area is 205 Å². The van der Waals surface area contributed by atoms with Gasteiger partial charge in [0.05, 0.1) is 0 Å². The van der Waals surface area contributed by atoms with Gasteiger partial charge in [0.25, 0.3) is 5.91 Å². The third kappa shape index (κ3) is 6.18. The van der Waals surface area contributed by atoms with Crippen molar-refractivity contribution in [3.8, 4) is 5.75 Å². The summed E-state index contributed by atoms with van der Waals surface area (Å²) < 4.78 is 19.6. The molecule has 0 aliphatic carbocycles. The van der Waals surface area contributed by atoms with Crippen LogP contribution in [0.3, 0.4) is 0 Å². The Hall–Kier alpha value is -2.40. The van der Waals surface area contributed by atoms with Gasteiger partial charge in [0.1, 0.15) is 11.6 Å². The maximum Gasteiger partial charge on any atom is 0.260 e. The second kappa shape index (κ2) is 10.1. The molecule has 0 unspecified atom stereocenters. The van der Waals surface area contributed by atoms with E-state index < -0.39 is 0 Å². The summed E-state index contributed by atoms with van der Waals surface area (Å²) in [7, 11) is 0. The molecule has 4 nitrogen and oxygen atoms in total. The zero-order chi connectivity index (χ0) is 25.3. The SMILES string of the molecule is C[C@@H]1CN(C(=O)COc2c(C(C)(C)C)cccc2C(C)(C)C)[C@@H](C)CN1Cc1ccc(F)cc1. The molecule has 3 rings (SSSR count). The highest BCUT2D eigenvalue weighted by atomic mass is 19.1. The first-order chi connectivity index (χ1) is 15.8. The minimum Gasteiger partial charge on any atom is -0.483 e. The maximum absolute atomic E-state index is 13.3. The van der Waals surface area contributed by atoms with E-state index in [9.17, 15) is 9.18 Å². The molecule has 0 spiro atoms. The van der Waals surface area contributed by atoms with Gasteiger partial charge >= 0.3 is 0 Å². The number of halogens is 1. The van der Waals surface area contributed by atoms with Crippen LogP contribution in [0.1, 0.15) is 72.1 Å². The van der Waals surface area contributed by atoms with Gasteiger partial charge in [0, 0.05) is 31.7 Å². The third-order valence-electron chi connectivity index (χ3n) is 6.71. The fourth-order valence-electron chi connectivity index (χ4n) is 4.68. The van der Waals surface area contributed by atoms with Gasteiger partial charge in [0.15, 0.2) is 6.61 Å². The van der Waals surface area contributed by atoms with Gasteiger partial charge in [-0.25, -0.2) is 4.39 Å². The summed E-state index contributed by atoms with van der Waals surface area (Å²) in [5, 5.41) is 0. The van der Waals surface area contributed by atoms with Crippen molar-refractivity contribution in [2.75, 3.05) is 19.7 Å². The third-order valence-corrected chi connectivity index (χ3v) is 6.71. The number of benzene rings is 2. The van der Waals surface area contributed by atoms with E-state index in [0.29, 0.717) is 6.54 Å². The van der Waals surface area contributed by atoms with Crippen LogP contribution in [-0.2, 0) is 22.2 Å². The van der Waals surface area contributed by atoms with Crippen molar-refractivity contribution in [2.24, 2.45) is 0 Å². The van der Waals surface area contributed by atoms with E-state index >= 15 is 0 Å². The molecule has 0 aromatic heterocycles. The lowest BCUT2D eigenvalue weighted by molar-refractivity contribution is -0.139. The lowest BCUT2D eigenvalue weighted by Crippen LogP contribution is -2.58. The fraction of sp³-hybridized carbons (Fsp3) is 0.552. The van der Waals surface area contributed by atoms with E-state index in [2.05, 4.69) is 78.5 Å². The first-order valence-electron chi connectivity index (χ1n) is 12.3. The van der Waals surface area contributed by atoms with Crippen molar-refractivity contribution in [3.05, 3.63) is 65.0 Å². The summed E-state index contributed by atoms with van der Waals surface area (Å²) in [5.41, 5.74) is 3.15. The number of amides is 1. The molecule has 0 N–H and O–H groups in total. The Morgan fingerprint density at radius 2 is 1.47 bits per heavy atom. The van der Waals surface area contributed by atoms with Crippen molar-refractivity contribution in [1.82, 2.24) is 9.80 Å². The predicted octanol–water partition coefficient (Wildman–Crippen LogP) is 5.92. The number of hydrogen-bond acceptors (Lipinski definition) is 3. The zero-order valence-corrected chi connectivity index (χ0v) is 22.1. The average molecular weight is 469 g/mol. The van der Waals surface area contributed by atoms with Gasteiger partial charge in [-0.2, -0.15) is 0 Å². The molecule has 1 amide bonds. The molecule has 2 aromatic carbocycles. The molecule has 186 valence electrons. The minimum atomic E-state index is -0.219. The number of rotatable bonds is 5. The lowest BCUT2D eigenvalue weighted by Gasteiger charge is -2.44. The number of carbonyl (C=O) groups excluding carboxylic acids is 1. The van der Waals surface area contributed by atoms with Crippen LogP contribution in [0.2, 0.25) is 0 Å². The summed E-state index contributed by atoms with van der Waals surface area (Å²) >= 11 is 0. The summed E-state index contributed by atoms with van der Waals surface area (Å²) in [6, 6.07) is 13.2. The molecular weight excluding hydrogens is 427 g/mol. The molecule has 2 aromatic rings. The summed E-state index contributed by atoms with van der Waals surface area (Å²) in [6.45, 7) is 19.5. The highest BCUT2D eigenvalue weighted by molar-refractivity contribution is 5.78. The van der Waals surface area contributed by atoms with Crippen molar-refractivity contribution >= 4 is 5.91 Å². The molecule has 1 saturated heterocycles. The number of piperazine rings is 1. The van der Waals surface area contributed by atoms with Crippen LogP contribution in [0.5, 0.6) is 5.75 Å². The molecule has 1 heterocycles. The number of ether oxygens (including phenoxy) is 1. The maximum atomic E-state index is 13.3. The highest BCUT2D eigenvalue weighted by Crippen LogP contribution is 2.39. The Kier molecular flexibility index (Phi) is 7.76. The van der Waals surface area contributed by atoms with Crippen LogP contribution in [-0.4, -0.2) is 47.5 Å². The Morgan fingerprint density at radius 3 is 2.00 bits per heavy atom. The van der Waals surface area contributed by atoms with Gasteiger partial charge in [-0.3, -0.25) is 9.69 Å². The number of hydrogen-bond donors (Lipinski definition) is 0. The lowest BCUT2D eigenvalue weighted by atomic mass is 9.79. The topological polar surface area (TPSA) is 32.8 Å². The molecule has 1 aliphatic heterocycles. The van der Waals surface area contributed by atoms with Gasteiger partial charge in [-0.1, -0.05) is 71.9 Å². The number of para-hydroxylation sites is 1. The molecule has 2 atom stereocenters. The second-order valence-electron chi connectivity index (χ2n) is 11.8. The van der Waals surface area contributed by atoms with Gasteiger partial charge in [-0.15, -0.1) is 0 Å². The van der Waals surface area contributed by atoms with Crippen molar-refractivity contribution in [3.63, 3.8) is 0 Å². The largest absolute Gasteiger partial charge is 0.483 e. The van der Waals surface area contributed by atoms with E-state index in [4.69, 9.17) is 4.74 Å². The van der Waals surface area contributed by atoms with E-state index in [1.165, 1.54) is 12.1 Å². The van der Waals surface area contributed by atoms with Crippen LogP contribution < -0.4 is 4.74 Å². The second-order valence-corrected chi connectivity index (χ2v) is 11.8. The van der Waals surface area contributed by atoms with Crippen LogP contribution >= 0.6 is 0 Å².